The zero-order valence-corrected chi connectivity index (χ0v) is 64.0. The molecule has 0 saturated carbocycles. The van der Waals surface area contributed by atoms with E-state index < -0.39 is 124 Å². The van der Waals surface area contributed by atoms with Crippen LogP contribution in [0, 0.1) is 36.5 Å². The van der Waals surface area contributed by atoms with Crippen molar-refractivity contribution in [1.82, 2.24) is 25.8 Å². The number of unbranched alkanes of at least 4 members (excludes halogenated alkanes) is 2. The lowest BCUT2D eigenvalue weighted by molar-refractivity contribution is -0.928. The third kappa shape index (κ3) is 18.8. The van der Waals surface area contributed by atoms with Crippen molar-refractivity contribution < 1.29 is 99.0 Å². The van der Waals surface area contributed by atoms with Crippen LogP contribution in [0.2, 0.25) is 0 Å². The number of carbonyl (C=O) groups is 8. The van der Waals surface area contributed by atoms with E-state index in [0.717, 1.165) is 10.5 Å². The van der Waals surface area contributed by atoms with Gasteiger partial charge >= 0.3 is 17.8 Å². The highest BCUT2D eigenvalue weighted by Crippen LogP contribution is 2.43. The van der Waals surface area contributed by atoms with Crippen LogP contribution in [0.3, 0.4) is 0 Å². The number of nitrogens with one attached hydrogen (secondary N) is 5. The zero-order chi connectivity index (χ0) is 78.3. The number of allylic oxidation sites excluding steroid dienone is 2. The van der Waals surface area contributed by atoms with Gasteiger partial charge in [0.15, 0.2) is 22.4 Å². The number of phenols is 1. The molecule has 8 amide bonds. The molecule has 4 aliphatic rings. The largest absolute Gasteiger partial charge is 1.00 e. The molecule has 0 unspecified atom stereocenters. The fourth-order valence-corrected chi connectivity index (χ4v) is 14.6. The maximum atomic E-state index is 15.2. The standard InChI is InChI=1S/C78H100N10O19.ClH/c1-40(2)62(83-56(91)22-15-14-16-33-87-57(92)27-28-58(87)93)76(101)82-52(21-18-32-80-77(79)102)75(100)81-49-25-23-48(24-26-49)39-88(11,12)51-29-34-86(35-30-51)50-37-53(90)63-55(38-50)106-72-64(84-63)59-60-68(96)46(8)71-61(59)73(98)78(10,107-71)104-36-31-54(103-13)43(5)70(105-47(9)89)45(7)67(95)44(6)66(94)41(3)19-17-20-42(4)74(99)85-65(72)69(60)97;/h17,19-20,23-28,31,36-38,40-41,43-45,51-52,54,62,66-67,70,94-95H,14-16,18,21-22,29-30,32-35,39H2,1-13H3,(H8-,79,80,81,82,83,84,85,90,91,92,93,96,97,98,99,100,101,102);1H/b19-17?,36-31?,42-20-;/t41-,43+,44+,45+,52-,54-,62-,66-,67+,70+,78-;/m0./s1. The Kier molecular flexibility index (Phi) is 27.4. The first-order valence-electron chi connectivity index (χ1n) is 36.3. The molecule has 0 radical (unpaired) electrons. The lowest BCUT2D eigenvalue weighted by Gasteiger charge is -2.43. The van der Waals surface area contributed by atoms with Gasteiger partial charge < -0.3 is 97.9 Å². The third-order valence-electron chi connectivity index (χ3n) is 21.1. The van der Waals surface area contributed by atoms with Gasteiger partial charge in [-0.2, -0.15) is 0 Å². The highest BCUT2D eigenvalue weighted by atomic mass is 35.5. The number of primary amides is 1. The van der Waals surface area contributed by atoms with Crippen LogP contribution in [0.4, 0.5) is 21.9 Å². The number of hydrogen-bond donors (Lipinski definition) is 10. The first-order chi connectivity index (χ1) is 50.5. The molecule has 5 aromatic rings. The van der Waals surface area contributed by atoms with E-state index in [0.29, 0.717) is 67.6 Å². The predicted octanol–water partition coefficient (Wildman–Crippen LogP) is 3.31. The highest BCUT2D eigenvalue weighted by molar-refractivity contribution is 6.17. The molecule has 1 aromatic heterocycles. The number of hydrogen-bond acceptors (Lipinski definition) is 21. The van der Waals surface area contributed by atoms with Crippen molar-refractivity contribution in [3.63, 3.8) is 0 Å². The molecule has 11 N–H and O–H groups in total. The number of phenolic OH excluding ortho intramolecular Hbond substituents is 1. The minimum atomic E-state index is -2.05. The summed E-state index contributed by atoms with van der Waals surface area (Å²) in [5.74, 6) is -9.99. The number of nitrogens with zero attached hydrogens (tertiary/aromatic N) is 4. The number of methoxy groups -OCH3 is 1. The smallest absolute Gasteiger partial charge is 0.312 e. The summed E-state index contributed by atoms with van der Waals surface area (Å²) in [7, 11) is 5.68. The van der Waals surface area contributed by atoms with E-state index in [4.69, 9.17) is 34.1 Å². The molecule has 0 spiro atoms. The fraction of sp³-hybridized carbons (Fsp3) is 0.500. The molecule has 30 heteroatoms. The van der Waals surface area contributed by atoms with Crippen LogP contribution < -0.4 is 70.4 Å². The lowest BCUT2D eigenvalue weighted by atomic mass is 9.78. The Labute approximate surface area is 632 Å². The van der Waals surface area contributed by atoms with Gasteiger partial charge in [-0.25, -0.2) is 9.78 Å². The average Bonchev–Trinajstić information content (AvgIpc) is 1.55. The molecule has 4 aliphatic heterocycles. The molecular weight excluding hydrogens is 1420 g/mol. The number of ether oxygens (including phenoxy) is 4. The Morgan fingerprint density at radius 1 is 0.852 bits per heavy atom. The number of fused-ring (bicyclic) bond motifs is 2. The maximum Gasteiger partial charge on any atom is 0.312 e. The van der Waals surface area contributed by atoms with Crippen molar-refractivity contribution in [2.75, 3.05) is 62.9 Å². The SMILES string of the molecule is CO[C@H]1C=CO[C@@]2(C)Oc3c(C)c(O)c4c(=O)c(c5oc6cc(N7CCC([N+](C)(C)Cc8ccc(NC(=O)[C@H](CCCNC(N)=O)NC(=O)[C@@H](NC(=O)CCCCCN9C(=O)C=CC9=O)C(C)C)cc8)CC7)cc(=O)c6nc5c4c3=C2O)NC(=O)/C(C)=C\C=C[C@H](C)[C@H](O)[C@@H](C)[C@@H](O)[C@@H](C)[C@H](OC(C)=O)[C@@H]1C.[Cl-]. The van der Waals surface area contributed by atoms with Crippen LogP contribution in [-0.2, 0) is 54.3 Å². The Hall–Kier alpha value is -9.94. The summed E-state index contributed by atoms with van der Waals surface area (Å²) in [5, 5.41) is 60.9. The van der Waals surface area contributed by atoms with Gasteiger partial charge in [0.05, 0.1) is 55.3 Å². The molecule has 108 heavy (non-hydrogen) atoms. The number of halogens is 1. The van der Waals surface area contributed by atoms with Crippen molar-refractivity contribution in [1.29, 1.82) is 0 Å². The maximum absolute atomic E-state index is 15.2. The second kappa shape index (κ2) is 35.4. The molecule has 584 valence electrons. The Balaban J connectivity index is 0.0000147. The summed E-state index contributed by atoms with van der Waals surface area (Å²) < 4.78 is 31.5. The molecule has 5 heterocycles. The second-order valence-corrected chi connectivity index (χ2v) is 29.6. The van der Waals surface area contributed by atoms with Crippen molar-refractivity contribution in [2.24, 2.45) is 35.3 Å². The minimum Gasteiger partial charge on any atom is -1.00 e. The number of amides is 8. The molecule has 4 bridgehead atoms. The summed E-state index contributed by atoms with van der Waals surface area (Å²) in [4.78, 5) is 141. The zero-order valence-electron chi connectivity index (χ0n) is 63.3. The summed E-state index contributed by atoms with van der Waals surface area (Å²) in [6.07, 6.45) is 9.10. The van der Waals surface area contributed by atoms with E-state index in [1.807, 2.05) is 17.0 Å². The number of nitrogens with two attached hydrogens (primary N) is 1. The van der Waals surface area contributed by atoms with Gasteiger partial charge in [-0.05, 0) is 63.7 Å². The lowest BCUT2D eigenvalue weighted by Crippen LogP contribution is -3.00. The number of anilines is 3. The average molecular weight is 1520 g/mol. The van der Waals surface area contributed by atoms with Gasteiger partial charge in [0.25, 0.3) is 17.7 Å². The van der Waals surface area contributed by atoms with Crippen LogP contribution in [0.25, 0.3) is 38.7 Å². The second-order valence-electron chi connectivity index (χ2n) is 29.6. The van der Waals surface area contributed by atoms with E-state index in [2.05, 4.69) is 40.7 Å². The van der Waals surface area contributed by atoms with E-state index in [1.54, 1.807) is 71.9 Å². The predicted molar refractivity (Wildman–Crippen MR) is 401 cm³/mol. The summed E-state index contributed by atoms with van der Waals surface area (Å²) in [5.41, 5.74) is 4.67. The Morgan fingerprint density at radius 2 is 1.53 bits per heavy atom. The monoisotopic (exact) mass is 1520 g/mol. The molecule has 4 aromatic carbocycles. The van der Waals surface area contributed by atoms with Crippen LogP contribution in [0.1, 0.15) is 125 Å². The number of aliphatic hydroxyl groups excluding tert-OH is 3. The molecular formula is C78H101ClN10O19. The van der Waals surface area contributed by atoms with Gasteiger partial charge in [0.2, 0.25) is 28.6 Å². The molecule has 1 saturated heterocycles. The summed E-state index contributed by atoms with van der Waals surface area (Å²) >= 11 is 0. The number of aliphatic hydroxyl groups is 3. The van der Waals surface area contributed by atoms with Crippen molar-refractivity contribution in [2.45, 2.75) is 175 Å². The third-order valence-corrected chi connectivity index (χ3v) is 21.1. The van der Waals surface area contributed by atoms with Gasteiger partial charge in [0, 0.05) is 148 Å². The van der Waals surface area contributed by atoms with Crippen LogP contribution >= 0.6 is 0 Å². The van der Waals surface area contributed by atoms with Gasteiger partial charge in [-0.1, -0.05) is 78.3 Å². The number of benzene rings is 4. The number of carbonyl (C=O) groups excluding carboxylic acids is 8. The minimum absolute atomic E-state index is 0. The number of esters is 1. The first kappa shape index (κ1) is 83.7. The summed E-state index contributed by atoms with van der Waals surface area (Å²) in [6, 6.07) is 7.78. The normalized spacial score (nSPS) is 23.4. The number of imide groups is 1. The Morgan fingerprint density at radius 3 is 2.17 bits per heavy atom. The number of piperidine rings is 1. The quantitative estimate of drug-likeness (QED) is 0.0119. The number of quaternary nitrogens is 1. The van der Waals surface area contributed by atoms with Crippen LogP contribution in [0.15, 0.2) is 98.7 Å². The van der Waals surface area contributed by atoms with Crippen molar-refractivity contribution >= 4 is 103 Å². The van der Waals surface area contributed by atoms with Crippen molar-refractivity contribution in [3.05, 3.63) is 121 Å². The van der Waals surface area contributed by atoms with Gasteiger partial charge in [-0.15, -0.1) is 0 Å². The topological polar surface area (TPSA) is 407 Å². The molecule has 1 fully saturated rings. The molecule has 29 nitrogen and oxygen atoms in total. The molecule has 11 atom stereocenters. The Bertz CT molecular complexity index is 4550. The fourth-order valence-electron chi connectivity index (χ4n) is 14.6. The number of aromatic hydroxyl groups is 1. The first-order valence-corrected chi connectivity index (χ1v) is 36.3. The van der Waals surface area contributed by atoms with Crippen molar-refractivity contribution in [3.8, 4) is 11.5 Å². The van der Waals surface area contributed by atoms with Crippen LogP contribution in [-0.4, -0.2) is 178 Å². The van der Waals surface area contributed by atoms with Crippen LogP contribution in [0.5, 0.6) is 11.5 Å². The van der Waals surface area contributed by atoms with E-state index >= 15 is 4.79 Å². The van der Waals surface area contributed by atoms with E-state index in [9.17, 15) is 63.6 Å². The van der Waals surface area contributed by atoms with Gasteiger partial charge in [0.1, 0.15) is 47.4 Å². The van der Waals surface area contributed by atoms with Gasteiger partial charge in [-0.3, -0.25) is 48.1 Å². The highest BCUT2D eigenvalue weighted by Gasteiger charge is 2.45. The number of rotatable bonds is 22. The van der Waals surface area contributed by atoms with E-state index in [1.165, 1.54) is 71.4 Å². The van der Waals surface area contributed by atoms with E-state index in [-0.39, 0.29) is 130 Å². The molecule has 9 rings (SSSR count). The number of aromatic nitrogens is 1. The summed E-state index contributed by atoms with van der Waals surface area (Å²) in [6.45, 7) is 18.0. The number of urea groups is 1. The molecule has 0 aliphatic carbocycles.